The minimum absolute atomic E-state index is 0.173. The van der Waals surface area contributed by atoms with Gasteiger partial charge in [-0.1, -0.05) is 78.9 Å². The Morgan fingerprint density at radius 2 is 1.56 bits per heavy atom. The van der Waals surface area contributed by atoms with Crippen LogP contribution in [0.25, 0.3) is 11.1 Å². The van der Waals surface area contributed by atoms with Crippen molar-refractivity contribution < 1.29 is 0 Å². The van der Waals surface area contributed by atoms with Crippen LogP contribution in [0, 0.1) is 11.3 Å². The molecule has 1 fully saturated rings. The maximum absolute atomic E-state index is 10.4. The second-order valence-electron chi connectivity index (χ2n) is 9.53. The second kappa shape index (κ2) is 8.97. The molecular formula is C31H29N3. The van der Waals surface area contributed by atoms with Crippen molar-refractivity contribution in [1.29, 1.82) is 5.26 Å². The molecule has 0 atom stereocenters. The van der Waals surface area contributed by atoms with E-state index in [9.17, 15) is 5.26 Å². The maximum atomic E-state index is 10.4. The van der Waals surface area contributed by atoms with Crippen LogP contribution in [-0.4, -0.2) is 31.1 Å². The van der Waals surface area contributed by atoms with Crippen LogP contribution >= 0.6 is 0 Å². The second-order valence-corrected chi connectivity index (χ2v) is 9.53. The molecule has 168 valence electrons. The van der Waals surface area contributed by atoms with Gasteiger partial charge in [0.05, 0.1) is 11.3 Å². The third-order valence-corrected chi connectivity index (χ3v) is 7.54. The van der Waals surface area contributed by atoms with Crippen molar-refractivity contribution in [2.24, 2.45) is 0 Å². The standard InChI is InChI=1S/C31H29N3/c32-21-30-28(24-10-4-5-11-24)20-29-26-13-7-6-12-25(26)14-15-27(29)31(30)34-18-16-33(17-19-34)22-23-8-2-1-3-9-23/h1-13,20,24H,14-19,22H2. The molecule has 1 heterocycles. The summed E-state index contributed by atoms with van der Waals surface area (Å²) in [5.74, 6) is 0.173. The number of aryl methyl sites for hydroxylation is 1. The average Bonchev–Trinajstić information content (AvgIpc) is 3.43. The number of piperazine rings is 1. The molecule has 6 rings (SSSR count). The third kappa shape index (κ3) is 3.75. The van der Waals surface area contributed by atoms with Gasteiger partial charge in [-0.2, -0.15) is 5.26 Å². The molecule has 0 amide bonds. The number of nitriles is 1. The minimum Gasteiger partial charge on any atom is -0.368 e. The largest absolute Gasteiger partial charge is 0.368 e. The number of nitrogens with zero attached hydrogens (tertiary/aromatic N) is 3. The molecule has 2 aliphatic carbocycles. The number of rotatable bonds is 4. The number of fused-ring (bicyclic) bond motifs is 3. The first-order valence-corrected chi connectivity index (χ1v) is 12.4. The molecule has 34 heavy (non-hydrogen) atoms. The van der Waals surface area contributed by atoms with E-state index in [1.807, 2.05) is 0 Å². The smallest absolute Gasteiger partial charge is 0.102 e. The fraction of sp³-hybridized carbons (Fsp3) is 0.258. The van der Waals surface area contributed by atoms with Crippen molar-refractivity contribution in [3.8, 4) is 17.2 Å². The molecular weight excluding hydrogens is 414 g/mol. The predicted molar refractivity (Wildman–Crippen MR) is 139 cm³/mol. The summed E-state index contributed by atoms with van der Waals surface area (Å²) in [5.41, 5.74) is 10.0. The van der Waals surface area contributed by atoms with Gasteiger partial charge in [-0.3, -0.25) is 4.90 Å². The monoisotopic (exact) mass is 443 g/mol. The molecule has 0 N–H and O–H groups in total. The molecule has 1 aliphatic heterocycles. The van der Waals surface area contributed by atoms with E-state index in [0.717, 1.165) is 56.7 Å². The Balaban J connectivity index is 1.39. The molecule has 1 saturated heterocycles. The lowest BCUT2D eigenvalue weighted by Crippen LogP contribution is -2.46. The molecule has 0 saturated carbocycles. The topological polar surface area (TPSA) is 30.3 Å². The highest BCUT2D eigenvalue weighted by Crippen LogP contribution is 2.44. The van der Waals surface area contributed by atoms with Gasteiger partial charge in [0, 0.05) is 38.6 Å². The molecule has 0 aromatic heterocycles. The summed E-state index contributed by atoms with van der Waals surface area (Å²) < 4.78 is 0. The molecule has 3 aromatic carbocycles. The van der Waals surface area contributed by atoms with Gasteiger partial charge in [0.15, 0.2) is 0 Å². The summed E-state index contributed by atoms with van der Waals surface area (Å²) in [4.78, 5) is 5.03. The van der Waals surface area contributed by atoms with Crippen LogP contribution in [0.15, 0.2) is 85.0 Å². The van der Waals surface area contributed by atoms with Crippen LogP contribution in [-0.2, 0) is 19.4 Å². The van der Waals surface area contributed by atoms with Crippen LogP contribution in [0.3, 0.4) is 0 Å². The van der Waals surface area contributed by atoms with Gasteiger partial charge in [0.1, 0.15) is 6.07 Å². The highest BCUT2D eigenvalue weighted by Gasteiger charge is 2.30. The number of hydrogen-bond acceptors (Lipinski definition) is 3. The summed E-state index contributed by atoms with van der Waals surface area (Å²) >= 11 is 0. The van der Waals surface area contributed by atoms with Crippen molar-refractivity contribution in [2.45, 2.75) is 25.3 Å². The van der Waals surface area contributed by atoms with Gasteiger partial charge in [0.25, 0.3) is 0 Å². The SMILES string of the molecule is N#Cc1c(C2C=CC=C2)cc2c(c1N1CCN(Cc3ccccc3)CC1)CCc1ccccc1-2. The first-order valence-electron chi connectivity index (χ1n) is 12.4. The Morgan fingerprint density at radius 3 is 2.32 bits per heavy atom. The molecule has 0 radical (unpaired) electrons. The quantitative estimate of drug-likeness (QED) is 0.506. The van der Waals surface area contributed by atoms with Gasteiger partial charge >= 0.3 is 0 Å². The Labute approximate surface area is 202 Å². The lowest BCUT2D eigenvalue weighted by molar-refractivity contribution is 0.249. The van der Waals surface area contributed by atoms with Crippen molar-refractivity contribution in [3.63, 3.8) is 0 Å². The van der Waals surface area contributed by atoms with Gasteiger partial charge in [-0.25, -0.2) is 0 Å². The molecule has 0 spiro atoms. The van der Waals surface area contributed by atoms with Crippen LogP contribution in [0.5, 0.6) is 0 Å². The number of benzene rings is 3. The van der Waals surface area contributed by atoms with E-state index in [1.165, 1.54) is 33.5 Å². The van der Waals surface area contributed by atoms with Gasteiger partial charge in [-0.05, 0) is 52.3 Å². The highest BCUT2D eigenvalue weighted by atomic mass is 15.3. The number of anilines is 1. The fourth-order valence-corrected chi connectivity index (χ4v) is 5.82. The van der Waals surface area contributed by atoms with Crippen molar-refractivity contribution in [1.82, 2.24) is 4.90 Å². The van der Waals surface area contributed by atoms with Gasteiger partial charge < -0.3 is 4.90 Å². The molecule has 3 nitrogen and oxygen atoms in total. The fourth-order valence-electron chi connectivity index (χ4n) is 5.82. The lowest BCUT2D eigenvalue weighted by Gasteiger charge is -2.39. The van der Waals surface area contributed by atoms with E-state index in [4.69, 9.17) is 0 Å². The van der Waals surface area contributed by atoms with Crippen LogP contribution < -0.4 is 4.90 Å². The highest BCUT2D eigenvalue weighted by molar-refractivity contribution is 5.84. The zero-order chi connectivity index (χ0) is 22.9. The summed E-state index contributed by atoms with van der Waals surface area (Å²) in [6, 6.07) is 24.5. The van der Waals surface area contributed by atoms with Crippen molar-refractivity contribution >= 4 is 5.69 Å². The molecule has 0 bridgehead atoms. The van der Waals surface area contributed by atoms with Crippen molar-refractivity contribution in [3.05, 3.63) is 113 Å². The van der Waals surface area contributed by atoms with E-state index in [2.05, 4.69) is 101 Å². The molecule has 3 heteroatoms. The lowest BCUT2D eigenvalue weighted by atomic mass is 9.79. The first-order chi connectivity index (χ1) is 16.8. The maximum Gasteiger partial charge on any atom is 0.102 e. The van der Waals surface area contributed by atoms with Crippen LogP contribution in [0.4, 0.5) is 5.69 Å². The Hall–Kier alpha value is -3.61. The summed E-state index contributed by atoms with van der Waals surface area (Å²) in [5, 5.41) is 10.4. The van der Waals surface area contributed by atoms with Crippen LogP contribution in [0.2, 0.25) is 0 Å². The minimum atomic E-state index is 0.173. The normalized spacial score (nSPS) is 17.4. The Bertz CT molecular complexity index is 1290. The number of hydrogen-bond donors (Lipinski definition) is 0. The average molecular weight is 444 g/mol. The van der Waals surface area contributed by atoms with Crippen LogP contribution in [0.1, 0.15) is 33.7 Å². The first kappa shape index (κ1) is 21.0. The Kier molecular flexibility index (Phi) is 5.53. The Morgan fingerprint density at radius 1 is 0.824 bits per heavy atom. The zero-order valence-corrected chi connectivity index (χ0v) is 19.5. The third-order valence-electron chi connectivity index (χ3n) is 7.54. The molecule has 0 unspecified atom stereocenters. The molecule has 3 aliphatic rings. The van der Waals surface area contributed by atoms with Gasteiger partial charge in [-0.15, -0.1) is 0 Å². The van der Waals surface area contributed by atoms with E-state index >= 15 is 0 Å². The molecule has 3 aromatic rings. The predicted octanol–water partition coefficient (Wildman–Crippen LogP) is 5.86. The summed E-state index contributed by atoms with van der Waals surface area (Å²) in [6.07, 6.45) is 10.6. The number of allylic oxidation sites excluding steroid dienone is 4. The van der Waals surface area contributed by atoms with E-state index in [0.29, 0.717) is 0 Å². The van der Waals surface area contributed by atoms with E-state index in [1.54, 1.807) is 0 Å². The van der Waals surface area contributed by atoms with E-state index < -0.39 is 0 Å². The van der Waals surface area contributed by atoms with Crippen molar-refractivity contribution in [2.75, 3.05) is 31.1 Å². The zero-order valence-electron chi connectivity index (χ0n) is 19.5. The summed E-state index contributed by atoms with van der Waals surface area (Å²) in [6.45, 7) is 4.92. The van der Waals surface area contributed by atoms with Gasteiger partial charge in [0.2, 0.25) is 0 Å². The summed E-state index contributed by atoms with van der Waals surface area (Å²) in [7, 11) is 0. The van der Waals surface area contributed by atoms with E-state index in [-0.39, 0.29) is 5.92 Å².